The Kier molecular flexibility index (Phi) is 4.17. The summed E-state index contributed by atoms with van der Waals surface area (Å²) in [6.07, 6.45) is 4.19. The first-order chi connectivity index (χ1) is 12.5. The molecule has 2 aliphatic rings. The van der Waals surface area contributed by atoms with Gasteiger partial charge < -0.3 is 10.2 Å². The summed E-state index contributed by atoms with van der Waals surface area (Å²) in [5, 5.41) is 3.57. The molecule has 136 valence electrons. The van der Waals surface area contributed by atoms with Gasteiger partial charge in [-0.05, 0) is 50.3 Å². The van der Waals surface area contributed by atoms with Crippen molar-refractivity contribution < 1.29 is 4.79 Å². The van der Waals surface area contributed by atoms with E-state index in [-0.39, 0.29) is 23.9 Å². The molecule has 5 heteroatoms. The molecule has 1 N–H and O–H groups in total. The minimum atomic E-state index is 0.0906. The van der Waals surface area contributed by atoms with Gasteiger partial charge in [-0.3, -0.25) is 4.79 Å². The normalized spacial score (nSPS) is 24.9. The summed E-state index contributed by atoms with van der Waals surface area (Å²) in [5.74, 6) is 1.65. The molecule has 1 saturated carbocycles. The van der Waals surface area contributed by atoms with E-state index in [1.165, 1.54) is 18.4 Å². The monoisotopic (exact) mass is 350 g/mol. The third-order valence-electron chi connectivity index (χ3n) is 5.66. The zero-order valence-corrected chi connectivity index (χ0v) is 15.9. The number of nitrogens with zero attached hydrogens (tertiary/aromatic N) is 3. The first-order valence-corrected chi connectivity index (χ1v) is 9.42. The fraction of sp³-hybridized carbons (Fsp3) is 0.476. The van der Waals surface area contributed by atoms with Crippen LogP contribution in [-0.2, 0) is 4.79 Å². The number of carbonyl (C=O) groups excluding carboxylic acids is 1. The number of hydrogen-bond acceptors (Lipinski definition) is 4. The first-order valence-electron chi connectivity index (χ1n) is 9.42. The quantitative estimate of drug-likeness (QED) is 0.908. The molecule has 1 aromatic carbocycles. The molecule has 1 fully saturated rings. The highest BCUT2D eigenvalue weighted by Gasteiger charge is 2.47. The minimum absolute atomic E-state index is 0.0906. The van der Waals surface area contributed by atoms with Crippen LogP contribution in [-0.4, -0.2) is 21.9 Å². The van der Waals surface area contributed by atoms with Crippen molar-refractivity contribution in [2.24, 2.45) is 11.8 Å². The average molecular weight is 350 g/mol. The maximum atomic E-state index is 12.5. The van der Waals surface area contributed by atoms with Crippen LogP contribution >= 0.6 is 0 Å². The van der Waals surface area contributed by atoms with Crippen molar-refractivity contribution in [1.82, 2.24) is 9.97 Å². The Labute approximate surface area is 154 Å². The van der Waals surface area contributed by atoms with Crippen LogP contribution in [0.1, 0.15) is 49.6 Å². The first kappa shape index (κ1) is 17.0. The molecule has 1 amide bonds. The second-order valence-electron chi connectivity index (χ2n) is 7.78. The van der Waals surface area contributed by atoms with E-state index >= 15 is 0 Å². The maximum Gasteiger partial charge on any atom is 0.224 e. The number of benzene rings is 1. The van der Waals surface area contributed by atoms with Gasteiger partial charge in [0, 0.05) is 36.5 Å². The van der Waals surface area contributed by atoms with Crippen LogP contribution in [0, 0.1) is 25.7 Å². The van der Waals surface area contributed by atoms with Gasteiger partial charge in [-0.2, -0.15) is 0 Å². The zero-order chi connectivity index (χ0) is 18.4. The van der Waals surface area contributed by atoms with Gasteiger partial charge in [0.25, 0.3) is 0 Å². The molecular formula is C21H26N4O. The second-order valence-corrected chi connectivity index (χ2v) is 7.78. The van der Waals surface area contributed by atoms with Crippen LogP contribution in [0.4, 0.5) is 11.6 Å². The lowest BCUT2D eigenvalue weighted by atomic mass is 9.79. The number of aromatic nitrogens is 2. The van der Waals surface area contributed by atoms with E-state index in [1.54, 1.807) is 13.1 Å². The van der Waals surface area contributed by atoms with Crippen LogP contribution in [0.25, 0.3) is 0 Å². The molecule has 0 saturated heterocycles. The topological polar surface area (TPSA) is 58.1 Å². The highest BCUT2D eigenvalue weighted by atomic mass is 16.2. The molecule has 1 aromatic heterocycles. The van der Waals surface area contributed by atoms with Crippen molar-refractivity contribution in [3.05, 3.63) is 47.3 Å². The zero-order valence-electron chi connectivity index (χ0n) is 15.9. The summed E-state index contributed by atoms with van der Waals surface area (Å²) in [6, 6.07) is 8.60. The van der Waals surface area contributed by atoms with Crippen molar-refractivity contribution in [3.63, 3.8) is 0 Å². The highest BCUT2D eigenvalue weighted by molar-refractivity contribution is 5.94. The third-order valence-corrected chi connectivity index (χ3v) is 5.66. The van der Waals surface area contributed by atoms with E-state index in [0.29, 0.717) is 11.9 Å². The largest absolute Gasteiger partial charge is 0.347 e. The van der Waals surface area contributed by atoms with Crippen molar-refractivity contribution in [3.8, 4) is 0 Å². The summed E-state index contributed by atoms with van der Waals surface area (Å²) in [6.45, 7) is 8.00. The number of nitrogens with one attached hydrogen (secondary N) is 1. The molecule has 1 aliphatic carbocycles. The number of rotatable bonds is 3. The number of hydrogen-bond donors (Lipinski definition) is 1. The van der Waals surface area contributed by atoms with Gasteiger partial charge in [-0.1, -0.05) is 24.6 Å². The minimum Gasteiger partial charge on any atom is -0.347 e. The number of amides is 1. The SMILES string of the molecule is CC(=O)N1c2ccc(C)cc2C(Nc2nccc(C)n2)[C@@H](C)[C@@H]1C1CC1. The highest BCUT2D eigenvalue weighted by Crippen LogP contribution is 2.49. The van der Waals surface area contributed by atoms with Crippen LogP contribution < -0.4 is 10.2 Å². The Balaban J connectivity index is 1.80. The number of fused-ring (bicyclic) bond motifs is 1. The molecule has 2 aromatic rings. The predicted molar refractivity (Wildman–Crippen MR) is 103 cm³/mol. The van der Waals surface area contributed by atoms with E-state index < -0.39 is 0 Å². The lowest BCUT2D eigenvalue weighted by Gasteiger charge is -2.45. The Hall–Kier alpha value is -2.43. The molecule has 2 heterocycles. The lowest BCUT2D eigenvalue weighted by molar-refractivity contribution is -0.117. The molecule has 3 atom stereocenters. The maximum absolute atomic E-state index is 12.5. The van der Waals surface area contributed by atoms with Gasteiger partial charge >= 0.3 is 0 Å². The van der Waals surface area contributed by atoms with Crippen molar-refractivity contribution in [2.45, 2.75) is 52.6 Å². The fourth-order valence-corrected chi connectivity index (χ4v) is 4.34. The Morgan fingerprint density at radius 2 is 2.00 bits per heavy atom. The predicted octanol–water partition coefficient (Wildman–Crippen LogP) is 4.03. The van der Waals surface area contributed by atoms with E-state index in [2.05, 4.69) is 47.3 Å². The van der Waals surface area contributed by atoms with Crippen molar-refractivity contribution in [1.29, 1.82) is 0 Å². The van der Waals surface area contributed by atoms with Gasteiger partial charge in [0.15, 0.2) is 0 Å². The lowest BCUT2D eigenvalue weighted by Crippen LogP contribution is -2.51. The molecule has 5 nitrogen and oxygen atoms in total. The molecule has 26 heavy (non-hydrogen) atoms. The summed E-state index contributed by atoms with van der Waals surface area (Å²) in [5.41, 5.74) is 4.33. The molecule has 4 rings (SSSR count). The Morgan fingerprint density at radius 1 is 1.23 bits per heavy atom. The molecule has 1 unspecified atom stereocenters. The molecule has 1 aliphatic heterocycles. The fourth-order valence-electron chi connectivity index (χ4n) is 4.34. The van der Waals surface area contributed by atoms with E-state index in [0.717, 1.165) is 16.9 Å². The van der Waals surface area contributed by atoms with Gasteiger partial charge in [0.1, 0.15) is 0 Å². The Morgan fingerprint density at radius 3 is 2.65 bits per heavy atom. The standard InChI is InChI=1S/C21H26N4O/c1-12-5-8-18-17(11-12)19(24-21-22-10-9-13(2)23-21)14(3)20(16-6-7-16)25(18)15(4)26/h5,8-11,14,16,19-20H,6-7H2,1-4H3,(H,22,23,24)/t14-,19?,20-/m1/s1. The summed E-state index contributed by atoms with van der Waals surface area (Å²) in [4.78, 5) is 23.5. The Bertz CT molecular complexity index is 846. The van der Waals surface area contributed by atoms with E-state index in [9.17, 15) is 4.79 Å². The third kappa shape index (κ3) is 2.96. The van der Waals surface area contributed by atoms with Gasteiger partial charge in [-0.15, -0.1) is 0 Å². The van der Waals surface area contributed by atoms with E-state index in [4.69, 9.17) is 0 Å². The van der Waals surface area contributed by atoms with Crippen LogP contribution in [0.15, 0.2) is 30.5 Å². The van der Waals surface area contributed by atoms with Crippen LogP contribution in [0.5, 0.6) is 0 Å². The second kappa shape index (κ2) is 6.38. The number of aryl methyl sites for hydroxylation is 2. The molecule has 0 bridgehead atoms. The van der Waals surface area contributed by atoms with Crippen molar-refractivity contribution in [2.75, 3.05) is 10.2 Å². The number of carbonyl (C=O) groups is 1. The molecular weight excluding hydrogens is 324 g/mol. The van der Waals surface area contributed by atoms with Crippen LogP contribution in [0.3, 0.4) is 0 Å². The van der Waals surface area contributed by atoms with Gasteiger partial charge in [0.2, 0.25) is 11.9 Å². The summed E-state index contributed by atoms with van der Waals surface area (Å²) in [7, 11) is 0. The smallest absolute Gasteiger partial charge is 0.224 e. The van der Waals surface area contributed by atoms with Gasteiger partial charge in [0.05, 0.1) is 6.04 Å². The van der Waals surface area contributed by atoms with Crippen molar-refractivity contribution >= 4 is 17.5 Å². The van der Waals surface area contributed by atoms with E-state index in [1.807, 2.05) is 17.9 Å². The average Bonchev–Trinajstić information content (AvgIpc) is 3.41. The summed E-state index contributed by atoms with van der Waals surface area (Å²) >= 11 is 0. The number of anilines is 2. The van der Waals surface area contributed by atoms with Gasteiger partial charge in [-0.25, -0.2) is 9.97 Å². The summed E-state index contributed by atoms with van der Waals surface area (Å²) < 4.78 is 0. The van der Waals surface area contributed by atoms with Crippen LogP contribution in [0.2, 0.25) is 0 Å². The molecule has 0 spiro atoms. The molecule has 0 radical (unpaired) electrons.